The van der Waals surface area contributed by atoms with Gasteiger partial charge in [0, 0.05) is 6.54 Å². The van der Waals surface area contributed by atoms with Gasteiger partial charge in [-0.1, -0.05) is 30.3 Å². The lowest BCUT2D eigenvalue weighted by Crippen LogP contribution is -2.27. The maximum Gasteiger partial charge on any atom is 0.0725 e. The molecule has 1 aliphatic heterocycles. The number of rotatable bonds is 2. The van der Waals surface area contributed by atoms with Crippen molar-refractivity contribution in [1.29, 1.82) is 0 Å². The van der Waals surface area contributed by atoms with Crippen LogP contribution in [0.25, 0.3) is 0 Å². The van der Waals surface area contributed by atoms with E-state index in [0.717, 1.165) is 19.4 Å². The second-order valence-electron chi connectivity index (χ2n) is 3.52. The molecule has 0 bridgehead atoms. The van der Waals surface area contributed by atoms with Crippen molar-refractivity contribution in [2.45, 2.75) is 25.0 Å². The SMILES string of the molecule is OC1CC[N]C1Cc1ccccc1. The molecule has 0 aromatic heterocycles. The molecule has 2 heteroatoms. The molecule has 1 aliphatic rings. The molecular weight excluding hydrogens is 162 g/mol. The van der Waals surface area contributed by atoms with Gasteiger partial charge in [-0.15, -0.1) is 0 Å². The zero-order chi connectivity index (χ0) is 9.10. The fourth-order valence-corrected chi connectivity index (χ4v) is 1.74. The second-order valence-corrected chi connectivity index (χ2v) is 3.52. The van der Waals surface area contributed by atoms with Gasteiger partial charge in [-0.3, -0.25) is 0 Å². The van der Waals surface area contributed by atoms with Crippen molar-refractivity contribution in [2.75, 3.05) is 6.54 Å². The van der Waals surface area contributed by atoms with E-state index in [9.17, 15) is 5.11 Å². The summed E-state index contributed by atoms with van der Waals surface area (Å²) in [5.74, 6) is 0. The molecule has 0 aliphatic carbocycles. The maximum absolute atomic E-state index is 9.56. The van der Waals surface area contributed by atoms with Crippen LogP contribution >= 0.6 is 0 Å². The van der Waals surface area contributed by atoms with E-state index in [-0.39, 0.29) is 12.1 Å². The monoisotopic (exact) mass is 176 g/mol. The van der Waals surface area contributed by atoms with Crippen LogP contribution in [-0.4, -0.2) is 23.8 Å². The minimum absolute atomic E-state index is 0.127. The van der Waals surface area contributed by atoms with E-state index in [0.29, 0.717) is 0 Å². The largest absolute Gasteiger partial charge is 0.391 e. The van der Waals surface area contributed by atoms with Crippen molar-refractivity contribution in [3.8, 4) is 0 Å². The molecule has 1 aromatic rings. The van der Waals surface area contributed by atoms with E-state index >= 15 is 0 Å². The molecule has 0 saturated carbocycles. The van der Waals surface area contributed by atoms with Gasteiger partial charge in [0.05, 0.1) is 12.1 Å². The molecule has 1 heterocycles. The molecule has 1 saturated heterocycles. The first kappa shape index (κ1) is 8.73. The molecule has 2 atom stereocenters. The lowest BCUT2D eigenvalue weighted by Gasteiger charge is -2.12. The zero-order valence-electron chi connectivity index (χ0n) is 7.56. The first-order valence-electron chi connectivity index (χ1n) is 4.75. The molecule has 2 rings (SSSR count). The van der Waals surface area contributed by atoms with Crippen molar-refractivity contribution in [1.82, 2.24) is 5.32 Å². The van der Waals surface area contributed by atoms with Crippen LogP contribution in [0, 0.1) is 0 Å². The van der Waals surface area contributed by atoms with Gasteiger partial charge in [0.2, 0.25) is 0 Å². The van der Waals surface area contributed by atoms with Gasteiger partial charge < -0.3 is 5.11 Å². The normalized spacial score (nSPS) is 27.8. The summed E-state index contributed by atoms with van der Waals surface area (Å²) in [4.78, 5) is 0. The lowest BCUT2D eigenvalue weighted by molar-refractivity contribution is 0.158. The van der Waals surface area contributed by atoms with Gasteiger partial charge in [-0.25, -0.2) is 5.32 Å². The highest BCUT2D eigenvalue weighted by atomic mass is 16.3. The zero-order valence-corrected chi connectivity index (χ0v) is 7.56. The van der Waals surface area contributed by atoms with Crippen molar-refractivity contribution < 1.29 is 5.11 Å². The van der Waals surface area contributed by atoms with E-state index in [2.05, 4.69) is 17.4 Å². The van der Waals surface area contributed by atoms with Crippen LogP contribution in [0.2, 0.25) is 0 Å². The van der Waals surface area contributed by atoms with Crippen LogP contribution in [-0.2, 0) is 6.42 Å². The molecule has 0 spiro atoms. The van der Waals surface area contributed by atoms with E-state index in [4.69, 9.17) is 0 Å². The van der Waals surface area contributed by atoms with Gasteiger partial charge >= 0.3 is 0 Å². The molecule has 0 amide bonds. The smallest absolute Gasteiger partial charge is 0.0725 e. The van der Waals surface area contributed by atoms with Crippen molar-refractivity contribution >= 4 is 0 Å². The highest BCUT2D eigenvalue weighted by Crippen LogP contribution is 2.13. The Morgan fingerprint density at radius 3 is 2.69 bits per heavy atom. The Hall–Kier alpha value is -0.860. The molecule has 2 nitrogen and oxygen atoms in total. The van der Waals surface area contributed by atoms with E-state index in [1.165, 1.54) is 5.56 Å². The Kier molecular flexibility index (Phi) is 2.62. The Balaban J connectivity index is 1.98. The van der Waals surface area contributed by atoms with Crippen LogP contribution in [0.15, 0.2) is 30.3 Å². The average molecular weight is 176 g/mol. The first-order valence-corrected chi connectivity index (χ1v) is 4.75. The van der Waals surface area contributed by atoms with Gasteiger partial charge in [0.15, 0.2) is 0 Å². The minimum atomic E-state index is -0.222. The summed E-state index contributed by atoms with van der Waals surface area (Å²) in [7, 11) is 0. The standard InChI is InChI=1S/C11H14NO/c13-11-6-7-12-10(11)8-9-4-2-1-3-5-9/h1-5,10-11,13H,6-8H2. The highest BCUT2D eigenvalue weighted by Gasteiger charge is 2.25. The second kappa shape index (κ2) is 3.90. The predicted molar refractivity (Wildman–Crippen MR) is 51.6 cm³/mol. The summed E-state index contributed by atoms with van der Waals surface area (Å²) < 4.78 is 0. The summed E-state index contributed by atoms with van der Waals surface area (Å²) >= 11 is 0. The quantitative estimate of drug-likeness (QED) is 0.715. The fourth-order valence-electron chi connectivity index (χ4n) is 1.74. The predicted octanol–water partition coefficient (Wildman–Crippen LogP) is 0.967. The third-order valence-electron chi connectivity index (χ3n) is 2.52. The molecule has 13 heavy (non-hydrogen) atoms. The van der Waals surface area contributed by atoms with Gasteiger partial charge in [0.25, 0.3) is 0 Å². The summed E-state index contributed by atoms with van der Waals surface area (Å²) in [5.41, 5.74) is 1.26. The Morgan fingerprint density at radius 1 is 1.31 bits per heavy atom. The number of aliphatic hydroxyl groups is 1. The average Bonchev–Trinajstić information content (AvgIpc) is 2.54. The third kappa shape index (κ3) is 2.08. The van der Waals surface area contributed by atoms with Crippen molar-refractivity contribution in [3.05, 3.63) is 35.9 Å². The molecule has 2 unspecified atom stereocenters. The highest BCUT2D eigenvalue weighted by molar-refractivity contribution is 5.16. The van der Waals surface area contributed by atoms with E-state index in [1.54, 1.807) is 0 Å². The number of hydrogen-bond acceptors (Lipinski definition) is 1. The third-order valence-corrected chi connectivity index (χ3v) is 2.52. The summed E-state index contributed by atoms with van der Waals surface area (Å²) in [6.07, 6.45) is 1.49. The Bertz CT molecular complexity index is 260. The molecule has 1 radical (unpaired) electrons. The molecule has 1 fully saturated rings. The van der Waals surface area contributed by atoms with Crippen LogP contribution in [0.3, 0.4) is 0 Å². The maximum atomic E-state index is 9.56. The van der Waals surface area contributed by atoms with Gasteiger partial charge in [0.1, 0.15) is 0 Å². The number of aliphatic hydroxyl groups excluding tert-OH is 1. The lowest BCUT2D eigenvalue weighted by atomic mass is 10.0. The van der Waals surface area contributed by atoms with Crippen LogP contribution in [0.4, 0.5) is 0 Å². The van der Waals surface area contributed by atoms with Crippen LogP contribution < -0.4 is 5.32 Å². The van der Waals surface area contributed by atoms with Crippen molar-refractivity contribution in [2.24, 2.45) is 0 Å². The van der Waals surface area contributed by atoms with Crippen LogP contribution in [0.1, 0.15) is 12.0 Å². The molecule has 1 aromatic carbocycles. The first-order chi connectivity index (χ1) is 6.36. The molecule has 1 N–H and O–H groups in total. The topological polar surface area (TPSA) is 34.3 Å². The number of hydrogen-bond donors (Lipinski definition) is 1. The summed E-state index contributed by atoms with van der Waals surface area (Å²) in [5, 5.41) is 13.9. The van der Waals surface area contributed by atoms with Gasteiger partial charge in [-0.2, -0.15) is 0 Å². The van der Waals surface area contributed by atoms with Gasteiger partial charge in [-0.05, 0) is 18.4 Å². The summed E-state index contributed by atoms with van der Waals surface area (Å²) in [6, 6.07) is 10.3. The summed E-state index contributed by atoms with van der Waals surface area (Å²) in [6.45, 7) is 0.818. The van der Waals surface area contributed by atoms with Crippen molar-refractivity contribution in [3.63, 3.8) is 0 Å². The molecule has 69 valence electrons. The fraction of sp³-hybridized carbons (Fsp3) is 0.455. The Morgan fingerprint density at radius 2 is 2.08 bits per heavy atom. The molecular formula is C11H14NO. The van der Waals surface area contributed by atoms with Crippen LogP contribution in [0.5, 0.6) is 0 Å². The van der Waals surface area contributed by atoms with E-state index < -0.39 is 0 Å². The number of benzene rings is 1. The number of nitrogens with zero attached hydrogens (tertiary/aromatic N) is 1. The Labute approximate surface area is 78.6 Å². The minimum Gasteiger partial charge on any atom is -0.391 e. The van der Waals surface area contributed by atoms with E-state index in [1.807, 2.05) is 18.2 Å².